The number of nitrogens with zero attached hydrogens (tertiary/aromatic N) is 2. The molecule has 0 atom stereocenters. The highest BCUT2D eigenvalue weighted by Crippen LogP contribution is 2.24. The van der Waals surface area contributed by atoms with E-state index in [4.69, 9.17) is 9.15 Å². The van der Waals surface area contributed by atoms with Gasteiger partial charge in [0.15, 0.2) is 5.76 Å². The molecule has 4 aromatic rings. The van der Waals surface area contributed by atoms with Gasteiger partial charge in [-0.05, 0) is 54.3 Å². The number of para-hydroxylation sites is 1. The van der Waals surface area contributed by atoms with Gasteiger partial charge >= 0.3 is 0 Å². The molecule has 0 saturated heterocycles. The molecule has 0 N–H and O–H groups in total. The highest BCUT2D eigenvalue weighted by atomic mass is 16.5. The molecule has 2 amide bonds. The zero-order valence-electron chi connectivity index (χ0n) is 20.0. The zero-order valence-corrected chi connectivity index (χ0v) is 20.0. The highest BCUT2D eigenvalue weighted by Gasteiger charge is 2.22. The molecule has 178 valence electrons. The van der Waals surface area contributed by atoms with Crippen LogP contribution in [0.5, 0.6) is 5.75 Å². The van der Waals surface area contributed by atoms with Crippen LogP contribution < -0.4 is 4.74 Å². The first-order valence-corrected chi connectivity index (χ1v) is 11.8. The fourth-order valence-corrected chi connectivity index (χ4v) is 4.46. The highest BCUT2D eigenvalue weighted by molar-refractivity contribution is 5.97. The van der Waals surface area contributed by atoms with Gasteiger partial charge < -0.3 is 19.0 Å². The van der Waals surface area contributed by atoms with Gasteiger partial charge in [-0.25, -0.2) is 0 Å². The Kier molecular flexibility index (Phi) is 6.27. The Hall–Kier alpha value is -4.06. The van der Waals surface area contributed by atoms with Gasteiger partial charge in [0.2, 0.25) is 0 Å². The Labute approximate surface area is 204 Å². The molecule has 0 saturated carbocycles. The summed E-state index contributed by atoms with van der Waals surface area (Å²) in [5.41, 5.74) is 4.34. The minimum absolute atomic E-state index is 0.0833. The monoisotopic (exact) mass is 468 g/mol. The van der Waals surface area contributed by atoms with Gasteiger partial charge in [0, 0.05) is 32.1 Å². The lowest BCUT2D eigenvalue weighted by Crippen LogP contribution is -2.32. The van der Waals surface area contributed by atoms with Crippen LogP contribution >= 0.6 is 0 Å². The average molecular weight is 469 g/mol. The number of amides is 2. The molecule has 0 aliphatic carbocycles. The van der Waals surface area contributed by atoms with E-state index in [1.165, 1.54) is 0 Å². The largest absolute Gasteiger partial charge is 0.493 e. The normalized spacial score (nSPS) is 14.9. The number of rotatable bonds is 1. The quantitative estimate of drug-likeness (QED) is 0.373. The standard InChI is InChI=1S/C29H28N2O4/c1-20-11-12-23-17-27(35-26(23)15-20)29(33)31-13-6-14-34-25-10-4-3-9-24(25)28(32)30(2)18-21-7-5-8-22(16-21)19-31/h3-5,7-12,15-17H,6,13-14,18-19H2,1-2H3. The molecule has 2 heterocycles. The fourth-order valence-electron chi connectivity index (χ4n) is 4.46. The van der Waals surface area contributed by atoms with Gasteiger partial charge in [-0.2, -0.15) is 0 Å². The van der Waals surface area contributed by atoms with E-state index in [0.717, 1.165) is 22.1 Å². The Bertz CT molecular complexity index is 1390. The molecule has 6 heteroatoms. The average Bonchev–Trinajstić information content (AvgIpc) is 3.28. The van der Waals surface area contributed by atoms with Crippen LogP contribution in [-0.4, -0.2) is 41.8 Å². The Morgan fingerprint density at radius 2 is 1.71 bits per heavy atom. The molecular formula is C29H28N2O4. The minimum Gasteiger partial charge on any atom is -0.493 e. The van der Waals surface area contributed by atoms with Crippen LogP contribution in [0.15, 0.2) is 77.2 Å². The van der Waals surface area contributed by atoms with Crippen LogP contribution in [0.2, 0.25) is 0 Å². The number of hydrogen-bond donors (Lipinski definition) is 0. The summed E-state index contributed by atoms with van der Waals surface area (Å²) in [4.78, 5) is 30.1. The van der Waals surface area contributed by atoms with Crippen LogP contribution in [0.1, 0.15) is 44.0 Å². The molecule has 0 unspecified atom stereocenters. The van der Waals surface area contributed by atoms with Crippen molar-refractivity contribution in [2.75, 3.05) is 20.2 Å². The lowest BCUT2D eigenvalue weighted by Gasteiger charge is -2.24. The van der Waals surface area contributed by atoms with Gasteiger partial charge in [0.05, 0.1) is 12.2 Å². The van der Waals surface area contributed by atoms with Crippen molar-refractivity contribution < 1.29 is 18.7 Å². The van der Waals surface area contributed by atoms with Gasteiger partial charge in [0.25, 0.3) is 11.8 Å². The molecule has 1 aliphatic heterocycles. The van der Waals surface area contributed by atoms with E-state index in [1.807, 2.05) is 67.6 Å². The molecular weight excluding hydrogens is 440 g/mol. The van der Waals surface area contributed by atoms with Gasteiger partial charge in [-0.1, -0.05) is 48.5 Å². The lowest BCUT2D eigenvalue weighted by molar-refractivity contribution is 0.0704. The maximum Gasteiger partial charge on any atom is 0.289 e. The lowest BCUT2D eigenvalue weighted by atomic mass is 10.1. The number of furan rings is 1. The second-order valence-electron chi connectivity index (χ2n) is 9.06. The molecule has 2 bridgehead atoms. The summed E-state index contributed by atoms with van der Waals surface area (Å²) in [6.07, 6.45) is 0.614. The molecule has 5 rings (SSSR count). The third-order valence-electron chi connectivity index (χ3n) is 6.25. The molecule has 0 radical (unpaired) electrons. The van der Waals surface area contributed by atoms with Crippen molar-refractivity contribution in [1.82, 2.24) is 9.80 Å². The number of hydrogen-bond acceptors (Lipinski definition) is 4. The van der Waals surface area contributed by atoms with E-state index in [-0.39, 0.29) is 11.8 Å². The summed E-state index contributed by atoms with van der Waals surface area (Å²) in [5, 5.41) is 0.913. The summed E-state index contributed by atoms with van der Waals surface area (Å²) in [7, 11) is 1.79. The van der Waals surface area contributed by atoms with Crippen LogP contribution in [0.3, 0.4) is 0 Å². The van der Waals surface area contributed by atoms with Crippen LogP contribution in [-0.2, 0) is 13.1 Å². The Morgan fingerprint density at radius 3 is 2.57 bits per heavy atom. The topological polar surface area (TPSA) is 63.0 Å². The van der Waals surface area contributed by atoms with E-state index < -0.39 is 0 Å². The first-order valence-electron chi connectivity index (χ1n) is 11.8. The van der Waals surface area contributed by atoms with E-state index in [9.17, 15) is 9.59 Å². The van der Waals surface area contributed by atoms with E-state index in [2.05, 4.69) is 6.07 Å². The smallest absolute Gasteiger partial charge is 0.289 e. The third-order valence-corrected chi connectivity index (χ3v) is 6.25. The van der Waals surface area contributed by atoms with E-state index in [1.54, 1.807) is 22.9 Å². The summed E-state index contributed by atoms with van der Waals surface area (Å²) in [6.45, 7) is 3.78. The van der Waals surface area contributed by atoms with Crippen molar-refractivity contribution in [3.05, 3.63) is 101 Å². The fraction of sp³-hybridized carbons (Fsp3) is 0.241. The minimum atomic E-state index is -0.149. The van der Waals surface area contributed by atoms with Gasteiger partial charge in [-0.3, -0.25) is 9.59 Å². The number of carbonyl (C=O) groups is 2. The van der Waals surface area contributed by atoms with E-state index >= 15 is 0 Å². The van der Waals surface area contributed by atoms with Gasteiger partial charge in [-0.15, -0.1) is 0 Å². The van der Waals surface area contributed by atoms with Crippen molar-refractivity contribution in [3.8, 4) is 5.75 Å². The summed E-state index contributed by atoms with van der Waals surface area (Å²) < 4.78 is 11.9. The summed E-state index contributed by atoms with van der Waals surface area (Å²) in [6, 6.07) is 23.1. The summed E-state index contributed by atoms with van der Waals surface area (Å²) >= 11 is 0. The molecule has 0 fully saturated rings. The predicted octanol–water partition coefficient (Wildman–Crippen LogP) is 5.44. The maximum atomic E-state index is 13.5. The SMILES string of the molecule is Cc1ccc2cc(C(=O)N3CCCOc4ccccc4C(=O)N(C)Cc4cccc(c4)C3)oc2c1. The zero-order chi connectivity index (χ0) is 24.4. The van der Waals surface area contributed by atoms with Crippen molar-refractivity contribution >= 4 is 22.8 Å². The summed E-state index contributed by atoms with van der Waals surface area (Å²) in [5.74, 6) is 0.657. The Balaban J connectivity index is 1.46. The van der Waals surface area contributed by atoms with E-state index in [0.29, 0.717) is 55.3 Å². The molecule has 3 aromatic carbocycles. The van der Waals surface area contributed by atoms with Crippen molar-refractivity contribution in [2.45, 2.75) is 26.4 Å². The molecule has 35 heavy (non-hydrogen) atoms. The third kappa shape index (κ3) is 4.92. The molecule has 6 nitrogen and oxygen atoms in total. The van der Waals surface area contributed by atoms with Crippen LogP contribution in [0.25, 0.3) is 11.0 Å². The number of fused-ring (bicyclic) bond motifs is 4. The number of benzene rings is 3. The van der Waals surface area contributed by atoms with Crippen molar-refractivity contribution in [3.63, 3.8) is 0 Å². The van der Waals surface area contributed by atoms with Crippen LogP contribution in [0.4, 0.5) is 0 Å². The molecule has 1 aromatic heterocycles. The first kappa shape index (κ1) is 22.7. The Morgan fingerprint density at radius 1 is 0.914 bits per heavy atom. The van der Waals surface area contributed by atoms with Crippen molar-refractivity contribution in [2.24, 2.45) is 0 Å². The number of carbonyl (C=O) groups excluding carboxylic acids is 2. The second-order valence-corrected chi connectivity index (χ2v) is 9.06. The van der Waals surface area contributed by atoms with Crippen molar-refractivity contribution in [1.29, 1.82) is 0 Å². The molecule has 0 spiro atoms. The maximum absolute atomic E-state index is 13.5. The van der Waals surface area contributed by atoms with Gasteiger partial charge in [0.1, 0.15) is 11.3 Å². The molecule has 1 aliphatic rings. The second kappa shape index (κ2) is 9.66. The number of ether oxygens (including phenoxy) is 1. The predicted molar refractivity (Wildman–Crippen MR) is 134 cm³/mol. The first-order chi connectivity index (χ1) is 17.0. The van der Waals surface area contributed by atoms with Crippen LogP contribution in [0, 0.1) is 6.92 Å². The number of aryl methyl sites for hydroxylation is 1.